The molecule has 40 valence electrons. The van der Waals surface area contributed by atoms with E-state index in [1.165, 1.54) is 6.42 Å². The minimum Gasteiger partial charge on any atom is -0.481 e. The summed E-state index contributed by atoms with van der Waals surface area (Å²) in [5, 5.41) is 7.96. The maximum absolute atomic E-state index is 9.67. The average Bonchev–Trinajstić information content (AvgIpc) is 1.61. The molecule has 0 aromatic carbocycles. The molecule has 1 N–H and O–H groups in total. The largest absolute Gasteiger partial charge is 0.481 e. The van der Waals surface area contributed by atoms with Gasteiger partial charge in [0.25, 0.3) is 0 Å². The van der Waals surface area contributed by atoms with Crippen molar-refractivity contribution in [1.82, 2.24) is 0 Å². The van der Waals surface area contributed by atoms with Crippen LogP contribution in [0.1, 0.15) is 12.8 Å². The molecular formula is C5H8O2. The van der Waals surface area contributed by atoms with Gasteiger partial charge in [-0.3, -0.25) is 4.79 Å². The predicted molar refractivity (Wildman–Crippen MR) is 26.5 cm³/mol. The van der Waals surface area contributed by atoms with E-state index in [4.69, 9.17) is 5.11 Å². The predicted octanol–water partition coefficient (Wildman–Crippen LogP) is 0.890. The van der Waals surface area contributed by atoms with Crippen LogP contribution in [0.5, 0.6) is 0 Å². The standard InChI is InChI=1S/C5H8O2/c1-2-3-4-5(6)7/h4H,1-3H2,(H,6,7). The summed E-state index contributed by atoms with van der Waals surface area (Å²) in [6.07, 6.45) is 2.43. The lowest BCUT2D eigenvalue weighted by molar-refractivity contribution is -0.133. The fourth-order valence-electron chi connectivity index (χ4n) is 0.226. The zero-order valence-corrected chi connectivity index (χ0v) is 4.05. The van der Waals surface area contributed by atoms with Gasteiger partial charge in [0.2, 0.25) is 0 Å². The lowest BCUT2D eigenvalue weighted by atomic mass is 10.3. The van der Waals surface area contributed by atoms with Gasteiger partial charge >= 0.3 is 5.97 Å². The summed E-state index contributed by atoms with van der Waals surface area (Å²) in [4.78, 5) is 9.67. The van der Waals surface area contributed by atoms with E-state index in [0.717, 1.165) is 0 Å². The number of unbranched alkanes of at least 4 members (excludes halogenated alkanes) is 1. The fourth-order valence-corrected chi connectivity index (χ4v) is 0.226. The van der Waals surface area contributed by atoms with E-state index >= 15 is 0 Å². The van der Waals surface area contributed by atoms with Gasteiger partial charge in [0.05, 0.1) is 6.42 Å². The second kappa shape index (κ2) is 3.65. The molecule has 0 saturated carbocycles. The van der Waals surface area contributed by atoms with Gasteiger partial charge in [-0.2, -0.15) is 0 Å². The van der Waals surface area contributed by atoms with Crippen molar-refractivity contribution in [2.45, 2.75) is 12.8 Å². The van der Waals surface area contributed by atoms with Crippen LogP contribution in [0.25, 0.3) is 0 Å². The molecule has 7 heavy (non-hydrogen) atoms. The number of hydrogen-bond donors (Lipinski definition) is 1. The maximum atomic E-state index is 9.67. The molecule has 0 aliphatic carbocycles. The van der Waals surface area contributed by atoms with E-state index < -0.39 is 5.97 Å². The SMILES string of the molecule is [CH2]CC[CH]C(=O)O. The molecule has 2 nitrogen and oxygen atoms in total. The number of rotatable bonds is 3. The molecule has 0 aliphatic rings. The van der Waals surface area contributed by atoms with Crippen LogP contribution in [0, 0.1) is 13.3 Å². The molecule has 0 aromatic heterocycles. The van der Waals surface area contributed by atoms with Crippen molar-refractivity contribution in [2.75, 3.05) is 0 Å². The van der Waals surface area contributed by atoms with Crippen molar-refractivity contribution in [2.24, 2.45) is 0 Å². The van der Waals surface area contributed by atoms with Crippen LogP contribution in [0.15, 0.2) is 0 Å². The normalized spacial score (nSPS) is 8.71. The monoisotopic (exact) mass is 100 g/mol. The lowest BCUT2D eigenvalue weighted by Gasteiger charge is -1.84. The van der Waals surface area contributed by atoms with E-state index in [-0.39, 0.29) is 0 Å². The molecule has 0 heterocycles. The quantitative estimate of drug-likeness (QED) is 0.571. The van der Waals surface area contributed by atoms with Crippen LogP contribution >= 0.6 is 0 Å². The van der Waals surface area contributed by atoms with Gasteiger partial charge in [0.15, 0.2) is 0 Å². The second-order valence-electron chi connectivity index (χ2n) is 1.18. The Balaban J connectivity index is 2.82. The highest BCUT2D eigenvalue weighted by atomic mass is 16.4. The number of carboxylic acids is 1. The topological polar surface area (TPSA) is 37.3 Å². The molecule has 0 spiro atoms. The van der Waals surface area contributed by atoms with E-state index in [1.807, 2.05) is 0 Å². The van der Waals surface area contributed by atoms with Gasteiger partial charge in [-0.05, 0) is 6.42 Å². The first-order chi connectivity index (χ1) is 3.27. The summed E-state index contributed by atoms with van der Waals surface area (Å²) in [5.41, 5.74) is 0. The first-order valence-corrected chi connectivity index (χ1v) is 2.12. The number of hydrogen-bond acceptors (Lipinski definition) is 1. The summed E-state index contributed by atoms with van der Waals surface area (Å²) in [6.45, 7) is 3.46. The number of aliphatic carboxylic acids is 1. The van der Waals surface area contributed by atoms with Gasteiger partial charge in [0.1, 0.15) is 0 Å². The Kier molecular flexibility index (Phi) is 3.38. The van der Waals surface area contributed by atoms with Crippen molar-refractivity contribution in [3.05, 3.63) is 13.3 Å². The molecular weight excluding hydrogens is 92.1 g/mol. The van der Waals surface area contributed by atoms with Crippen LogP contribution in [-0.4, -0.2) is 11.1 Å². The minimum atomic E-state index is -0.858. The Morgan fingerprint density at radius 2 is 2.43 bits per heavy atom. The lowest BCUT2D eigenvalue weighted by Crippen LogP contribution is -1.93. The van der Waals surface area contributed by atoms with E-state index in [0.29, 0.717) is 12.8 Å². The van der Waals surface area contributed by atoms with Crippen molar-refractivity contribution in [3.63, 3.8) is 0 Å². The van der Waals surface area contributed by atoms with E-state index in [1.54, 1.807) is 0 Å². The highest BCUT2D eigenvalue weighted by Crippen LogP contribution is 1.89. The molecule has 0 unspecified atom stereocenters. The fraction of sp³-hybridized carbons (Fsp3) is 0.400. The third-order valence-corrected chi connectivity index (χ3v) is 0.523. The highest BCUT2D eigenvalue weighted by molar-refractivity contribution is 5.76. The Bertz CT molecular complexity index is 59.1. The molecule has 0 aromatic rings. The van der Waals surface area contributed by atoms with Crippen molar-refractivity contribution >= 4 is 5.97 Å². The van der Waals surface area contributed by atoms with Crippen LogP contribution in [0.3, 0.4) is 0 Å². The second-order valence-corrected chi connectivity index (χ2v) is 1.18. The van der Waals surface area contributed by atoms with Crippen molar-refractivity contribution < 1.29 is 9.90 Å². The van der Waals surface area contributed by atoms with E-state index in [9.17, 15) is 4.79 Å². The third-order valence-electron chi connectivity index (χ3n) is 0.523. The van der Waals surface area contributed by atoms with Gasteiger partial charge < -0.3 is 5.11 Å². The molecule has 2 radical (unpaired) electrons. The molecule has 0 bridgehead atoms. The first-order valence-electron chi connectivity index (χ1n) is 2.12. The molecule has 2 heteroatoms. The van der Waals surface area contributed by atoms with Gasteiger partial charge in [-0.25, -0.2) is 0 Å². The Labute approximate surface area is 43.2 Å². The summed E-state index contributed by atoms with van der Waals surface area (Å²) in [6, 6.07) is 0. The van der Waals surface area contributed by atoms with Crippen LogP contribution in [-0.2, 0) is 4.79 Å². The van der Waals surface area contributed by atoms with Crippen molar-refractivity contribution in [3.8, 4) is 0 Å². The highest BCUT2D eigenvalue weighted by Gasteiger charge is 1.91. The molecule has 0 atom stereocenters. The van der Waals surface area contributed by atoms with Crippen molar-refractivity contribution in [1.29, 1.82) is 0 Å². The Morgan fingerprint density at radius 3 is 2.57 bits per heavy atom. The molecule has 0 saturated heterocycles. The Hall–Kier alpha value is -0.530. The molecule has 0 aliphatic heterocycles. The minimum absolute atomic E-state index is 0.565. The number of carbonyl (C=O) groups is 1. The molecule has 0 fully saturated rings. The van der Waals surface area contributed by atoms with E-state index in [2.05, 4.69) is 6.92 Å². The van der Waals surface area contributed by atoms with Crippen LogP contribution < -0.4 is 0 Å². The van der Waals surface area contributed by atoms with Gasteiger partial charge in [-0.1, -0.05) is 13.3 Å². The average molecular weight is 100 g/mol. The summed E-state index contributed by atoms with van der Waals surface area (Å²) in [5.74, 6) is -0.858. The summed E-state index contributed by atoms with van der Waals surface area (Å²) >= 11 is 0. The Morgan fingerprint density at radius 1 is 1.86 bits per heavy atom. The van der Waals surface area contributed by atoms with Gasteiger partial charge in [0, 0.05) is 0 Å². The third kappa shape index (κ3) is 5.47. The molecule has 0 rings (SSSR count). The number of carboxylic acid groups (broad SMARTS) is 1. The van der Waals surface area contributed by atoms with Gasteiger partial charge in [-0.15, -0.1) is 0 Å². The zero-order valence-electron chi connectivity index (χ0n) is 4.05. The van der Waals surface area contributed by atoms with Crippen LogP contribution in [0.2, 0.25) is 0 Å². The smallest absolute Gasteiger partial charge is 0.307 e. The zero-order chi connectivity index (χ0) is 5.70. The first kappa shape index (κ1) is 6.47. The summed E-state index contributed by atoms with van der Waals surface area (Å²) < 4.78 is 0. The maximum Gasteiger partial charge on any atom is 0.307 e. The summed E-state index contributed by atoms with van der Waals surface area (Å²) in [7, 11) is 0. The molecule has 0 amide bonds. The van der Waals surface area contributed by atoms with Crippen LogP contribution in [0.4, 0.5) is 0 Å².